The van der Waals surface area contributed by atoms with Crippen LogP contribution in [0.3, 0.4) is 0 Å². The first kappa shape index (κ1) is 10.8. The van der Waals surface area contributed by atoms with E-state index in [-0.39, 0.29) is 0 Å². The van der Waals surface area contributed by atoms with Gasteiger partial charge < -0.3 is 15.2 Å². The molecule has 0 aromatic heterocycles. The Morgan fingerprint density at radius 1 is 1.56 bits per heavy atom. The van der Waals surface area contributed by atoms with Crippen molar-refractivity contribution in [3.8, 4) is 5.75 Å². The number of carbonyl (C=O) groups is 1. The second-order valence-corrected chi connectivity index (χ2v) is 3.98. The summed E-state index contributed by atoms with van der Waals surface area (Å²) in [5.41, 5.74) is 2.69. The number of methoxy groups -OCH3 is 1. The zero-order valence-corrected chi connectivity index (χ0v) is 9.41. The quantitative estimate of drug-likeness (QED) is 0.801. The Kier molecular flexibility index (Phi) is 2.73. The highest BCUT2D eigenvalue weighted by atomic mass is 16.5. The van der Waals surface area contributed by atoms with Gasteiger partial charge in [-0.05, 0) is 30.5 Å². The lowest BCUT2D eigenvalue weighted by molar-refractivity contribution is -0.139. The number of anilines is 1. The molecule has 16 heavy (non-hydrogen) atoms. The van der Waals surface area contributed by atoms with Crippen LogP contribution >= 0.6 is 0 Å². The molecule has 1 aliphatic heterocycles. The first-order valence-corrected chi connectivity index (χ1v) is 5.29. The summed E-state index contributed by atoms with van der Waals surface area (Å²) in [5.74, 6) is -0.475. The smallest absolute Gasteiger partial charge is 0.311 e. The van der Waals surface area contributed by atoms with Crippen molar-refractivity contribution in [1.29, 1.82) is 0 Å². The fourth-order valence-corrected chi connectivity index (χ4v) is 2.24. The van der Waals surface area contributed by atoms with Crippen molar-refractivity contribution in [3.63, 3.8) is 0 Å². The van der Waals surface area contributed by atoms with Gasteiger partial charge in [0.2, 0.25) is 0 Å². The van der Waals surface area contributed by atoms with E-state index in [9.17, 15) is 9.90 Å². The molecule has 0 spiro atoms. The monoisotopic (exact) mass is 221 g/mol. The average Bonchev–Trinajstić information content (AvgIpc) is 2.29. The molecule has 4 heteroatoms. The summed E-state index contributed by atoms with van der Waals surface area (Å²) < 4.78 is 5.24. The van der Waals surface area contributed by atoms with Gasteiger partial charge in [0.15, 0.2) is 0 Å². The summed E-state index contributed by atoms with van der Waals surface area (Å²) in [6.45, 7) is 2.60. The molecule has 1 aromatic carbocycles. The van der Waals surface area contributed by atoms with Crippen LogP contribution in [-0.4, -0.2) is 24.7 Å². The molecule has 0 amide bonds. The molecule has 86 valence electrons. The van der Waals surface area contributed by atoms with E-state index in [1.807, 2.05) is 19.1 Å². The molecule has 0 radical (unpaired) electrons. The molecule has 1 unspecified atom stereocenters. The number of fused-ring (bicyclic) bond motifs is 1. The van der Waals surface area contributed by atoms with Crippen LogP contribution in [0.2, 0.25) is 0 Å². The number of aliphatic carboxylic acids is 1. The van der Waals surface area contributed by atoms with Crippen LogP contribution in [0.5, 0.6) is 5.75 Å². The number of rotatable bonds is 2. The van der Waals surface area contributed by atoms with E-state index in [0.717, 1.165) is 16.8 Å². The standard InChI is InChI=1S/C12H15NO3/c1-7-3-4-9(16-2)11-10(7)8(12(14)15)5-6-13-11/h3-4,8,13H,5-6H2,1-2H3,(H,14,15). The van der Waals surface area contributed by atoms with Gasteiger partial charge in [-0.2, -0.15) is 0 Å². The van der Waals surface area contributed by atoms with Crippen LogP contribution in [0.15, 0.2) is 12.1 Å². The van der Waals surface area contributed by atoms with Crippen molar-refractivity contribution in [2.24, 2.45) is 0 Å². The third kappa shape index (κ3) is 1.60. The van der Waals surface area contributed by atoms with Crippen LogP contribution in [0.1, 0.15) is 23.5 Å². The lowest BCUT2D eigenvalue weighted by Crippen LogP contribution is -2.24. The molecule has 1 atom stereocenters. The van der Waals surface area contributed by atoms with Gasteiger partial charge in [-0.25, -0.2) is 0 Å². The van der Waals surface area contributed by atoms with Gasteiger partial charge in [-0.3, -0.25) is 4.79 Å². The van der Waals surface area contributed by atoms with Crippen LogP contribution in [0, 0.1) is 6.92 Å². The van der Waals surface area contributed by atoms with Gasteiger partial charge in [-0.1, -0.05) is 6.07 Å². The summed E-state index contributed by atoms with van der Waals surface area (Å²) in [6, 6.07) is 3.77. The first-order valence-electron chi connectivity index (χ1n) is 5.29. The number of aryl methyl sites for hydroxylation is 1. The number of benzene rings is 1. The van der Waals surface area contributed by atoms with E-state index in [1.54, 1.807) is 7.11 Å². The highest BCUT2D eigenvalue weighted by Gasteiger charge is 2.29. The molecule has 1 aliphatic rings. The van der Waals surface area contributed by atoms with Gasteiger partial charge in [0.1, 0.15) is 5.75 Å². The Labute approximate surface area is 94.2 Å². The SMILES string of the molecule is COc1ccc(C)c2c1NCCC2C(=O)O. The maximum absolute atomic E-state index is 11.2. The van der Waals surface area contributed by atoms with E-state index >= 15 is 0 Å². The van der Waals surface area contributed by atoms with E-state index in [1.165, 1.54) is 0 Å². The normalized spacial score (nSPS) is 18.5. The summed E-state index contributed by atoms with van der Waals surface area (Å²) in [6.07, 6.45) is 0.621. The zero-order chi connectivity index (χ0) is 11.7. The molecule has 2 rings (SSSR count). The topological polar surface area (TPSA) is 58.6 Å². The maximum atomic E-state index is 11.2. The number of ether oxygens (including phenoxy) is 1. The van der Waals surface area contributed by atoms with Gasteiger partial charge in [0.05, 0.1) is 18.7 Å². The third-order valence-corrected chi connectivity index (χ3v) is 3.03. The van der Waals surface area contributed by atoms with Gasteiger partial charge in [0.25, 0.3) is 0 Å². The van der Waals surface area contributed by atoms with Crippen LogP contribution in [0.25, 0.3) is 0 Å². The number of hydrogen-bond donors (Lipinski definition) is 2. The minimum Gasteiger partial charge on any atom is -0.495 e. The van der Waals surface area contributed by atoms with Crippen LogP contribution in [-0.2, 0) is 4.79 Å². The Morgan fingerprint density at radius 2 is 2.31 bits per heavy atom. The third-order valence-electron chi connectivity index (χ3n) is 3.03. The van der Waals surface area contributed by atoms with Gasteiger partial charge >= 0.3 is 5.97 Å². The van der Waals surface area contributed by atoms with Crippen LogP contribution < -0.4 is 10.1 Å². The second-order valence-electron chi connectivity index (χ2n) is 3.98. The van der Waals surface area contributed by atoms with Crippen molar-refractivity contribution in [2.45, 2.75) is 19.3 Å². The summed E-state index contributed by atoms with van der Waals surface area (Å²) >= 11 is 0. The number of carboxylic acids is 1. The van der Waals surface area contributed by atoms with E-state index in [2.05, 4.69) is 5.32 Å². The van der Waals surface area contributed by atoms with Crippen molar-refractivity contribution >= 4 is 11.7 Å². The Bertz CT molecular complexity index is 429. The average molecular weight is 221 g/mol. The molecule has 0 fully saturated rings. The van der Waals surface area contributed by atoms with Crippen LogP contribution in [0.4, 0.5) is 5.69 Å². The van der Waals surface area contributed by atoms with E-state index in [4.69, 9.17) is 4.74 Å². The van der Waals surface area contributed by atoms with E-state index < -0.39 is 11.9 Å². The maximum Gasteiger partial charge on any atom is 0.311 e. The molecule has 4 nitrogen and oxygen atoms in total. The fourth-order valence-electron chi connectivity index (χ4n) is 2.24. The Balaban J connectivity index is 2.58. The Hall–Kier alpha value is -1.71. The molecular weight excluding hydrogens is 206 g/mol. The first-order chi connectivity index (χ1) is 7.65. The predicted molar refractivity (Wildman–Crippen MR) is 61.2 cm³/mol. The summed E-state index contributed by atoms with van der Waals surface area (Å²) in [4.78, 5) is 11.2. The zero-order valence-electron chi connectivity index (χ0n) is 9.41. The molecule has 0 aliphatic carbocycles. The minimum atomic E-state index is -0.765. The van der Waals surface area contributed by atoms with E-state index in [0.29, 0.717) is 18.7 Å². The van der Waals surface area contributed by atoms with Crippen molar-refractivity contribution in [1.82, 2.24) is 0 Å². The van der Waals surface area contributed by atoms with Crippen molar-refractivity contribution in [2.75, 3.05) is 19.0 Å². The second kappa shape index (κ2) is 4.04. The Morgan fingerprint density at radius 3 is 2.94 bits per heavy atom. The van der Waals surface area contributed by atoms with Crippen molar-refractivity contribution < 1.29 is 14.6 Å². The van der Waals surface area contributed by atoms with Gasteiger partial charge in [0, 0.05) is 6.54 Å². The lowest BCUT2D eigenvalue weighted by atomic mass is 9.87. The highest BCUT2D eigenvalue weighted by molar-refractivity contribution is 5.82. The molecular formula is C12H15NO3. The largest absolute Gasteiger partial charge is 0.495 e. The minimum absolute atomic E-state index is 0.425. The lowest BCUT2D eigenvalue weighted by Gasteiger charge is -2.27. The number of hydrogen-bond acceptors (Lipinski definition) is 3. The highest BCUT2D eigenvalue weighted by Crippen LogP contribution is 2.40. The number of nitrogens with one attached hydrogen (secondary N) is 1. The fraction of sp³-hybridized carbons (Fsp3) is 0.417. The molecule has 0 saturated carbocycles. The molecule has 0 bridgehead atoms. The molecule has 1 aromatic rings. The number of carboxylic acid groups (broad SMARTS) is 1. The molecule has 0 saturated heterocycles. The van der Waals surface area contributed by atoms with Gasteiger partial charge in [-0.15, -0.1) is 0 Å². The predicted octanol–water partition coefficient (Wildman–Crippen LogP) is 1.99. The summed E-state index contributed by atoms with van der Waals surface area (Å²) in [5, 5.41) is 12.4. The molecule has 2 N–H and O–H groups in total. The summed E-state index contributed by atoms with van der Waals surface area (Å²) in [7, 11) is 1.59. The molecule has 1 heterocycles. The van der Waals surface area contributed by atoms with Crippen molar-refractivity contribution in [3.05, 3.63) is 23.3 Å².